The molecule has 6 nitrogen and oxygen atoms in total. The van der Waals surface area contributed by atoms with Crippen LogP contribution in [0.4, 0.5) is 10.1 Å². The van der Waals surface area contributed by atoms with Crippen molar-refractivity contribution in [2.75, 3.05) is 4.90 Å². The van der Waals surface area contributed by atoms with E-state index >= 15 is 4.39 Å². The lowest BCUT2D eigenvalue weighted by Crippen LogP contribution is -2.51. The number of halogens is 1. The minimum atomic E-state index is -0.459. The first-order valence-electron chi connectivity index (χ1n) is 12.0. The smallest absolute Gasteiger partial charge is 0.141 e. The van der Waals surface area contributed by atoms with Gasteiger partial charge >= 0.3 is 0 Å². The van der Waals surface area contributed by atoms with Crippen LogP contribution >= 0.6 is 0 Å². The molecular weight excluding hydrogens is 439 g/mol. The van der Waals surface area contributed by atoms with E-state index in [9.17, 15) is 0 Å². The van der Waals surface area contributed by atoms with Gasteiger partial charge in [0.1, 0.15) is 23.0 Å². The van der Waals surface area contributed by atoms with Gasteiger partial charge in [-0.3, -0.25) is 15.4 Å². The lowest BCUT2D eigenvalue weighted by atomic mass is 9.84. The fraction of sp³-hybridized carbons (Fsp3) is 0.321. The molecular formula is C28H33FN6. The normalized spacial score (nSPS) is 20.3. The van der Waals surface area contributed by atoms with Crippen molar-refractivity contribution in [3.63, 3.8) is 0 Å². The maximum absolute atomic E-state index is 15.3. The molecule has 0 radical (unpaired) electrons. The van der Waals surface area contributed by atoms with E-state index < -0.39 is 6.04 Å². The number of allylic oxidation sites excluding steroid dienone is 5. The number of aromatic nitrogens is 1. The Bertz CT molecular complexity index is 1380. The zero-order chi connectivity index (χ0) is 25.4. The summed E-state index contributed by atoms with van der Waals surface area (Å²) in [6.45, 7) is 9.30. The van der Waals surface area contributed by atoms with Crippen molar-refractivity contribution in [2.24, 2.45) is 10.7 Å². The van der Waals surface area contributed by atoms with E-state index in [2.05, 4.69) is 19.1 Å². The Morgan fingerprint density at radius 1 is 1.23 bits per heavy atom. The molecule has 1 unspecified atom stereocenters. The predicted molar refractivity (Wildman–Crippen MR) is 140 cm³/mol. The van der Waals surface area contributed by atoms with Crippen LogP contribution in [0.2, 0.25) is 0 Å². The number of pyridine rings is 1. The van der Waals surface area contributed by atoms with Crippen LogP contribution in [0.3, 0.4) is 0 Å². The minimum Gasteiger partial charge on any atom is -0.402 e. The fourth-order valence-corrected chi connectivity index (χ4v) is 4.75. The minimum absolute atomic E-state index is 0.233. The van der Waals surface area contributed by atoms with E-state index in [0.29, 0.717) is 22.7 Å². The van der Waals surface area contributed by atoms with E-state index in [1.54, 1.807) is 13.1 Å². The molecule has 0 saturated carbocycles. The van der Waals surface area contributed by atoms with Gasteiger partial charge in [-0.2, -0.15) is 0 Å². The monoisotopic (exact) mass is 472 g/mol. The Labute approximate surface area is 206 Å². The standard InChI is InChI=1S/C28H33FN6/c1-6-20-9-7-8-10-24(20)33-28-25(18(4)30)26(22-12-11-16(2)13-23(22)29)35(28)21-14-17(3)27(32)34(15-21)19(5)31/h7,9,11-15,26,31-32H,6,8,10,30H2,1-5H3. The van der Waals surface area contributed by atoms with Crippen molar-refractivity contribution in [1.29, 1.82) is 10.8 Å². The Kier molecular flexibility index (Phi) is 6.61. The second-order valence-corrected chi connectivity index (χ2v) is 9.28. The highest BCUT2D eigenvalue weighted by Crippen LogP contribution is 2.46. The van der Waals surface area contributed by atoms with Crippen molar-refractivity contribution >= 4 is 17.4 Å². The zero-order valence-electron chi connectivity index (χ0n) is 21.0. The van der Waals surface area contributed by atoms with Gasteiger partial charge in [-0.05, 0) is 75.8 Å². The molecule has 1 atom stereocenters. The van der Waals surface area contributed by atoms with E-state index in [-0.39, 0.29) is 17.1 Å². The van der Waals surface area contributed by atoms with E-state index in [0.717, 1.165) is 41.8 Å². The van der Waals surface area contributed by atoms with Gasteiger partial charge in [0.25, 0.3) is 0 Å². The van der Waals surface area contributed by atoms with Crippen LogP contribution in [-0.4, -0.2) is 16.2 Å². The SMILES string of the molecule is CCC1=C(N=C2C(=C(C)N)C(c3ccc(C)cc3F)N2c2cc(C)c(=N)n(C(C)=N)c2)CCC=C1. The summed E-state index contributed by atoms with van der Waals surface area (Å²) in [5.41, 5.74) is 13.1. The van der Waals surface area contributed by atoms with Crippen LogP contribution in [-0.2, 0) is 0 Å². The molecule has 2 aromatic rings. The van der Waals surface area contributed by atoms with Gasteiger partial charge in [0.05, 0.1) is 11.7 Å². The van der Waals surface area contributed by atoms with Gasteiger partial charge in [0.2, 0.25) is 0 Å². The number of hydrogen-bond acceptors (Lipinski definition) is 4. The molecule has 0 spiro atoms. The highest BCUT2D eigenvalue weighted by atomic mass is 19.1. The highest BCUT2D eigenvalue weighted by molar-refractivity contribution is 6.19. The number of benzene rings is 1. The van der Waals surface area contributed by atoms with Crippen LogP contribution < -0.4 is 16.1 Å². The third-order valence-electron chi connectivity index (χ3n) is 6.62. The summed E-state index contributed by atoms with van der Waals surface area (Å²) in [7, 11) is 0. The Morgan fingerprint density at radius 2 is 1.97 bits per heavy atom. The first-order valence-corrected chi connectivity index (χ1v) is 12.0. The average molecular weight is 473 g/mol. The predicted octanol–water partition coefficient (Wildman–Crippen LogP) is 5.78. The molecule has 35 heavy (non-hydrogen) atoms. The summed E-state index contributed by atoms with van der Waals surface area (Å²) in [5.74, 6) is 0.630. The second kappa shape index (κ2) is 9.49. The summed E-state index contributed by atoms with van der Waals surface area (Å²) in [4.78, 5) is 7.09. The Hall–Kier alpha value is -3.74. The van der Waals surface area contributed by atoms with Gasteiger partial charge in [0.15, 0.2) is 0 Å². The maximum Gasteiger partial charge on any atom is 0.141 e. The molecule has 1 aromatic heterocycles. The van der Waals surface area contributed by atoms with Crippen molar-refractivity contribution < 1.29 is 4.39 Å². The molecule has 1 aliphatic heterocycles. The van der Waals surface area contributed by atoms with Crippen LogP contribution in [0.1, 0.15) is 62.8 Å². The summed E-state index contributed by atoms with van der Waals surface area (Å²) in [6, 6.07) is 6.69. The third kappa shape index (κ3) is 4.38. The number of aliphatic imine (C=N–C) groups is 1. The van der Waals surface area contributed by atoms with Crippen molar-refractivity contribution in [3.05, 3.63) is 93.1 Å². The quantitative estimate of drug-likeness (QED) is 0.389. The number of nitrogens with two attached hydrogens (primary N) is 1. The summed E-state index contributed by atoms with van der Waals surface area (Å²) in [5, 5.41) is 16.6. The first kappa shape index (κ1) is 24.4. The largest absolute Gasteiger partial charge is 0.402 e. The maximum atomic E-state index is 15.3. The third-order valence-corrected chi connectivity index (χ3v) is 6.62. The van der Waals surface area contributed by atoms with Crippen LogP contribution in [0.25, 0.3) is 0 Å². The van der Waals surface area contributed by atoms with E-state index in [1.807, 2.05) is 43.9 Å². The molecule has 0 bridgehead atoms. The van der Waals surface area contributed by atoms with Crippen molar-refractivity contribution in [2.45, 2.75) is 59.9 Å². The van der Waals surface area contributed by atoms with E-state index in [1.165, 1.54) is 16.2 Å². The Balaban J connectivity index is 1.99. The van der Waals surface area contributed by atoms with E-state index in [4.69, 9.17) is 21.5 Å². The molecule has 1 aromatic carbocycles. The van der Waals surface area contributed by atoms with Crippen LogP contribution in [0.5, 0.6) is 0 Å². The molecule has 7 heteroatoms. The fourth-order valence-electron chi connectivity index (χ4n) is 4.75. The number of rotatable bonds is 4. The van der Waals surface area contributed by atoms with Gasteiger partial charge in [-0.1, -0.05) is 31.2 Å². The second-order valence-electron chi connectivity index (χ2n) is 9.28. The van der Waals surface area contributed by atoms with Gasteiger partial charge in [0, 0.05) is 28.7 Å². The topological polar surface area (TPSA) is 94.2 Å². The Morgan fingerprint density at radius 3 is 2.60 bits per heavy atom. The lowest BCUT2D eigenvalue weighted by Gasteiger charge is -2.47. The molecule has 4 N–H and O–H groups in total. The summed E-state index contributed by atoms with van der Waals surface area (Å²) >= 11 is 0. The number of aryl methyl sites for hydroxylation is 2. The molecule has 2 heterocycles. The molecule has 4 rings (SSSR count). The summed E-state index contributed by atoms with van der Waals surface area (Å²) < 4.78 is 16.8. The number of amidine groups is 1. The van der Waals surface area contributed by atoms with Gasteiger partial charge in [-0.25, -0.2) is 9.38 Å². The molecule has 182 valence electrons. The lowest BCUT2D eigenvalue weighted by molar-refractivity contribution is 0.588. The molecule has 1 aliphatic carbocycles. The van der Waals surface area contributed by atoms with Crippen molar-refractivity contribution in [1.82, 2.24) is 4.57 Å². The molecule has 2 aliphatic rings. The van der Waals surface area contributed by atoms with Crippen LogP contribution in [0, 0.1) is 30.5 Å². The first-order chi connectivity index (χ1) is 16.6. The molecule has 0 amide bonds. The average Bonchev–Trinajstić information content (AvgIpc) is 2.79. The number of nitrogens with one attached hydrogen (secondary N) is 2. The van der Waals surface area contributed by atoms with Gasteiger partial charge < -0.3 is 10.6 Å². The molecule has 1 fully saturated rings. The van der Waals surface area contributed by atoms with Crippen LogP contribution in [0.15, 0.2) is 70.1 Å². The molecule has 1 saturated heterocycles. The van der Waals surface area contributed by atoms with Gasteiger partial charge in [-0.15, -0.1) is 0 Å². The number of hydrogen-bond donors (Lipinski definition) is 3. The van der Waals surface area contributed by atoms with Crippen molar-refractivity contribution in [3.8, 4) is 0 Å². The number of nitrogens with zero attached hydrogens (tertiary/aromatic N) is 3. The zero-order valence-corrected chi connectivity index (χ0v) is 21.0. The summed E-state index contributed by atoms with van der Waals surface area (Å²) in [6.07, 6.45) is 8.69. The highest BCUT2D eigenvalue weighted by Gasteiger charge is 2.45. The number of anilines is 1.